The van der Waals surface area contributed by atoms with Gasteiger partial charge in [-0.1, -0.05) is 27.7 Å². The van der Waals surface area contributed by atoms with E-state index in [1.165, 1.54) is 41.5 Å². The van der Waals surface area contributed by atoms with Crippen LogP contribution in [-0.4, -0.2) is 230 Å². The SMILES string of the molecule is CC(C)[C@H](NC(=O)[C@H](CCC(N)=O)NC(=O)[C@H](C)N)C(=O)N[C@@H](C)C(=O)N[C@H](C(=O)N[C@H](C(=O)N[C@@H](CO)C(=O)N[C@@H](CO)C(=O)N[C@@H](CCCN=C(N)N)C(=O)N[C@@H](CC(=O)O)C(=O)N[C@@H](CCC(=O)O)C(=O)N[C@@H](CCC(N)=O)C(=O)O)C(C)C)[C@@H](C)O. The van der Waals surface area contributed by atoms with Gasteiger partial charge in [-0.05, 0) is 64.7 Å². The van der Waals surface area contributed by atoms with Crippen molar-refractivity contribution in [3.05, 3.63) is 0 Å². The molecule has 0 aromatic carbocycles. The van der Waals surface area contributed by atoms with E-state index in [4.69, 9.17) is 28.7 Å². The van der Waals surface area contributed by atoms with Gasteiger partial charge in [-0.25, -0.2) is 4.79 Å². The predicted octanol–water partition coefficient (Wildman–Crippen LogP) is -10.6. The number of nitrogens with zero attached hydrogens (tertiary/aromatic N) is 1. The number of amides is 13. The van der Waals surface area contributed by atoms with Crippen molar-refractivity contribution in [3.63, 3.8) is 0 Å². The average Bonchev–Trinajstić information content (AvgIpc) is 1.17. The van der Waals surface area contributed by atoms with Crippen LogP contribution in [0.1, 0.15) is 106 Å². The molecule has 0 aliphatic carbocycles. The fraction of sp³-hybridized carbons (Fsp3) is 0.667. The number of aliphatic hydroxyl groups is 3. The van der Waals surface area contributed by atoms with E-state index in [-0.39, 0.29) is 25.8 Å². The highest BCUT2D eigenvalue weighted by molar-refractivity contribution is 6.00. The minimum absolute atomic E-state index is 0.139. The van der Waals surface area contributed by atoms with Crippen molar-refractivity contribution in [1.29, 1.82) is 0 Å². The highest BCUT2D eigenvalue weighted by atomic mass is 16.4. The van der Waals surface area contributed by atoms with Crippen molar-refractivity contribution >= 4 is 101 Å². The van der Waals surface area contributed by atoms with Gasteiger partial charge in [0.2, 0.25) is 76.8 Å². The van der Waals surface area contributed by atoms with Gasteiger partial charge in [0.05, 0.1) is 31.8 Å². The number of hydrogen-bond donors (Lipinski definition) is 22. The Hall–Kier alpha value is -9.37. The second kappa shape index (κ2) is 40.2. The monoisotopic (exact) mass is 1290 g/mol. The molecule has 0 rings (SSSR count). The lowest BCUT2D eigenvalue weighted by Crippen LogP contribution is -2.63. The number of rotatable bonds is 43. The Balaban J connectivity index is 6.49. The van der Waals surface area contributed by atoms with Crippen LogP contribution in [0.15, 0.2) is 4.99 Å². The molecule has 0 bridgehead atoms. The molecule has 27 N–H and O–H groups in total. The number of carbonyl (C=O) groups is 16. The van der Waals surface area contributed by atoms with E-state index in [0.717, 1.165) is 6.92 Å². The minimum Gasteiger partial charge on any atom is -0.481 e. The van der Waals surface area contributed by atoms with E-state index >= 15 is 0 Å². The van der Waals surface area contributed by atoms with Gasteiger partial charge in [-0.2, -0.15) is 0 Å². The summed E-state index contributed by atoms with van der Waals surface area (Å²) in [7, 11) is 0. The smallest absolute Gasteiger partial charge is 0.326 e. The quantitative estimate of drug-likeness (QED) is 0.0153. The predicted molar refractivity (Wildman–Crippen MR) is 310 cm³/mol. The zero-order valence-electron chi connectivity index (χ0n) is 50.7. The molecule has 0 fully saturated rings. The Bertz CT molecular complexity index is 2600. The maximum absolute atomic E-state index is 13.9. The molecular formula is C51H87N17O22. The zero-order chi connectivity index (χ0) is 69.4. The number of carbonyl (C=O) groups excluding carboxylic acids is 13. The van der Waals surface area contributed by atoms with E-state index in [1.54, 1.807) is 0 Å². The van der Waals surface area contributed by atoms with Gasteiger partial charge in [0.15, 0.2) is 5.96 Å². The topological polar surface area (TPSA) is 669 Å². The Morgan fingerprint density at radius 3 is 1.14 bits per heavy atom. The van der Waals surface area contributed by atoms with Crippen molar-refractivity contribution in [1.82, 2.24) is 58.5 Å². The minimum atomic E-state index is -2.13. The number of aliphatic hydroxyl groups excluding tert-OH is 3. The summed E-state index contributed by atoms with van der Waals surface area (Å²) in [4.78, 5) is 210. The van der Waals surface area contributed by atoms with E-state index in [9.17, 15) is 107 Å². The molecule has 39 nitrogen and oxygen atoms in total. The lowest BCUT2D eigenvalue weighted by Gasteiger charge is -2.29. The first kappa shape index (κ1) is 80.6. The third kappa shape index (κ3) is 30.5. The van der Waals surface area contributed by atoms with Gasteiger partial charge >= 0.3 is 17.9 Å². The number of hydrogen-bond acceptors (Lipinski definition) is 21. The number of carboxylic acids is 3. The maximum atomic E-state index is 13.9. The lowest BCUT2D eigenvalue weighted by atomic mass is 10.0. The van der Waals surface area contributed by atoms with Crippen molar-refractivity contribution < 1.29 is 107 Å². The van der Waals surface area contributed by atoms with Gasteiger partial charge in [-0.15, -0.1) is 0 Å². The van der Waals surface area contributed by atoms with Gasteiger partial charge in [-0.3, -0.25) is 76.9 Å². The Morgan fingerprint density at radius 2 is 0.733 bits per heavy atom. The van der Waals surface area contributed by atoms with E-state index in [1.807, 2.05) is 5.32 Å². The van der Waals surface area contributed by atoms with Crippen LogP contribution in [0.3, 0.4) is 0 Å². The van der Waals surface area contributed by atoms with Gasteiger partial charge in [0.25, 0.3) is 0 Å². The third-order valence-corrected chi connectivity index (χ3v) is 12.8. The van der Waals surface area contributed by atoms with Crippen LogP contribution in [-0.2, 0) is 76.7 Å². The molecule has 0 unspecified atom stereocenters. The molecule has 0 aromatic heterocycles. The summed E-state index contributed by atoms with van der Waals surface area (Å²) < 4.78 is 0. The fourth-order valence-corrected chi connectivity index (χ4v) is 7.73. The normalized spacial score (nSPS) is 15.3. The molecule has 0 spiro atoms. The third-order valence-electron chi connectivity index (χ3n) is 12.8. The van der Waals surface area contributed by atoms with Gasteiger partial charge in [0, 0.05) is 25.8 Å². The van der Waals surface area contributed by atoms with Crippen LogP contribution < -0.4 is 87.2 Å². The second-order valence-corrected chi connectivity index (χ2v) is 21.3. The second-order valence-electron chi connectivity index (χ2n) is 21.3. The van der Waals surface area contributed by atoms with Crippen LogP contribution in [0, 0.1) is 11.8 Å². The zero-order valence-corrected chi connectivity index (χ0v) is 50.7. The number of primary amides is 2. The van der Waals surface area contributed by atoms with E-state index in [0.29, 0.717) is 0 Å². The largest absolute Gasteiger partial charge is 0.481 e. The van der Waals surface area contributed by atoms with Gasteiger partial charge < -0.3 is 118 Å². The molecule has 0 heterocycles. The summed E-state index contributed by atoms with van der Waals surface area (Å²) in [6.07, 6.45) is -6.65. The molecule has 0 aromatic rings. The Labute approximate surface area is 515 Å². The summed E-state index contributed by atoms with van der Waals surface area (Å²) >= 11 is 0. The number of aliphatic imine (C=N–C) groups is 1. The fourth-order valence-electron chi connectivity index (χ4n) is 7.73. The summed E-state index contributed by atoms with van der Waals surface area (Å²) in [5.74, 6) is -21.2. The molecule has 0 aliphatic heterocycles. The standard InChI is InChI=1S/C51H87N17O22/c1-20(2)36(66-43(82)26(10-13-32(53)72)59-39(78)22(5)52)47(86)58-23(6)40(79)68-38(24(7)71)49(88)67-37(21(3)4)48(87)65-31(19-70)46(85)64-30(18-69)45(84)60-25(9-8-16-57-51(55)56)41(80)63-29(17-35(76)77)44(83)61-27(12-15-34(74)75)42(81)62-28(50(89)90)11-14-33(54)73/h20-31,36-38,69-71H,8-19,52H2,1-7H3,(H2,53,72)(H2,54,73)(H,58,86)(H,59,78)(H,60,84)(H,61,83)(H,62,81)(H,63,80)(H,64,85)(H,65,87)(H,66,82)(H,67,88)(H,68,79)(H,74,75)(H,76,77)(H,89,90)(H4,55,56,57)/t22-,23-,24+,25-,26-,27-,28-,29-,30-,31-,36-,37-,38-/m0/s1. The van der Waals surface area contributed by atoms with Crippen molar-refractivity contribution in [2.24, 2.45) is 45.5 Å². The number of nitrogens with one attached hydrogen (secondary N) is 11. The average molecular weight is 1290 g/mol. The molecular weight excluding hydrogens is 1200 g/mol. The summed E-state index contributed by atoms with van der Waals surface area (Å²) in [6.45, 7) is 6.89. The van der Waals surface area contributed by atoms with Crippen LogP contribution in [0.25, 0.3) is 0 Å². The number of carboxylic acid groups (broad SMARTS) is 3. The molecule has 0 radical (unpaired) electrons. The first-order chi connectivity index (χ1) is 41.8. The molecule has 13 amide bonds. The molecule has 0 saturated carbocycles. The maximum Gasteiger partial charge on any atom is 0.326 e. The Kier molecular flexibility index (Phi) is 36.0. The first-order valence-electron chi connectivity index (χ1n) is 28.1. The van der Waals surface area contributed by atoms with Crippen LogP contribution >= 0.6 is 0 Å². The molecule has 508 valence electrons. The first-order valence-corrected chi connectivity index (χ1v) is 28.1. The summed E-state index contributed by atoms with van der Waals surface area (Å²) in [6, 6.07) is -20.3. The molecule has 90 heavy (non-hydrogen) atoms. The van der Waals surface area contributed by atoms with Crippen molar-refractivity contribution in [2.45, 2.75) is 185 Å². The van der Waals surface area contributed by atoms with Crippen LogP contribution in [0.2, 0.25) is 0 Å². The Morgan fingerprint density at radius 1 is 0.389 bits per heavy atom. The number of aliphatic carboxylic acids is 3. The number of guanidine groups is 1. The molecule has 13 atom stereocenters. The molecule has 39 heteroatoms. The van der Waals surface area contributed by atoms with E-state index in [2.05, 4.69) is 58.2 Å². The van der Waals surface area contributed by atoms with Crippen molar-refractivity contribution in [3.8, 4) is 0 Å². The van der Waals surface area contributed by atoms with Crippen LogP contribution in [0.5, 0.6) is 0 Å². The highest BCUT2D eigenvalue weighted by Crippen LogP contribution is 2.11. The lowest BCUT2D eigenvalue weighted by molar-refractivity contribution is -0.144. The summed E-state index contributed by atoms with van der Waals surface area (Å²) in [5, 5.41) is 84.0. The molecule has 0 saturated heterocycles. The van der Waals surface area contributed by atoms with Crippen molar-refractivity contribution in [2.75, 3.05) is 19.8 Å². The highest BCUT2D eigenvalue weighted by Gasteiger charge is 2.38. The van der Waals surface area contributed by atoms with Crippen LogP contribution in [0.4, 0.5) is 0 Å². The summed E-state index contributed by atoms with van der Waals surface area (Å²) in [5.41, 5.74) is 26.6. The number of nitrogens with two attached hydrogens (primary N) is 5. The molecule has 0 aliphatic rings. The van der Waals surface area contributed by atoms with Gasteiger partial charge in [0.1, 0.15) is 66.5 Å². The van der Waals surface area contributed by atoms with E-state index < -0.39 is 243 Å².